The standard InChI is InChI=1S/C26H25N3O3/c1-5-19-10-12-21(13-11-19)28-17(3)14-20(18(28)4)15-22-24(30)27-26(32)29(25(22)31)23-9-7-6-8-16(23)2/h6-15H,5H2,1-4H3,(H,27,30,32)/b22-15+. The Kier molecular flexibility index (Phi) is 5.53. The molecule has 1 aliphatic heterocycles. The van der Waals surface area contributed by atoms with Crippen LogP contribution in [-0.4, -0.2) is 22.4 Å². The first-order chi connectivity index (χ1) is 15.3. The molecule has 2 heterocycles. The van der Waals surface area contributed by atoms with Crippen molar-refractivity contribution in [1.82, 2.24) is 9.88 Å². The molecule has 6 nitrogen and oxygen atoms in total. The van der Waals surface area contributed by atoms with Crippen LogP contribution in [0.25, 0.3) is 11.8 Å². The number of imide groups is 2. The van der Waals surface area contributed by atoms with Crippen LogP contribution in [0.15, 0.2) is 60.2 Å². The number of carbonyl (C=O) groups excluding carboxylic acids is 3. The largest absolute Gasteiger partial charge is 0.335 e. The number of hydrogen-bond acceptors (Lipinski definition) is 3. The SMILES string of the molecule is CCc1ccc(-n2c(C)cc(/C=C3\C(=O)NC(=O)N(c4ccccc4C)C3=O)c2C)cc1. The van der Waals surface area contributed by atoms with Crippen LogP contribution in [0.1, 0.15) is 35.0 Å². The molecule has 6 heteroatoms. The molecular weight excluding hydrogens is 402 g/mol. The molecule has 0 saturated carbocycles. The highest BCUT2D eigenvalue weighted by atomic mass is 16.2. The summed E-state index contributed by atoms with van der Waals surface area (Å²) in [5.74, 6) is -1.33. The molecule has 0 aliphatic carbocycles. The molecule has 1 aliphatic rings. The van der Waals surface area contributed by atoms with Gasteiger partial charge in [-0.25, -0.2) is 9.69 Å². The number of carbonyl (C=O) groups is 3. The second-order valence-electron chi connectivity index (χ2n) is 7.93. The van der Waals surface area contributed by atoms with E-state index in [1.165, 1.54) is 5.56 Å². The molecule has 4 rings (SSSR count). The van der Waals surface area contributed by atoms with Crippen LogP contribution >= 0.6 is 0 Å². The lowest BCUT2D eigenvalue weighted by atomic mass is 10.1. The molecule has 2 aromatic carbocycles. The molecule has 0 radical (unpaired) electrons. The fourth-order valence-corrected chi connectivity index (χ4v) is 4.06. The maximum atomic E-state index is 13.2. The lowest BCUT2D eigenvalue weighted by Crippen LogP contribution is -2.54. The molecular formula is C26H25N3O3. The van der Waals surface area contributed by atoms with Gasteiger partial charge in [-0.3, -0.25) is 14.9 Å². The van der Waals surface area contributed by atoms with Crippen LogP contribution in [0.4, 0.5) is 10.5 Å². The van der Waals surface area contributed by atoms with Gasteiger partial charge in [0.25, 0.3) is 11.8 Å². The second-order valence-corrected chi connectivity index (χ2v) is 7.93. The van der Waals surface area contributed by atoms with Gasteiger partial charge in [0.15, 0.2) is 0 Å². The first-order valence-electron chi connectivity index (χ1n) is 10.6. The van der Waals surface area contributed by atoms with E-state index >= 15 is 0 Å². The Balaban J connectivity index is 1.76. The fourth-order valence-electron chi connectivity index (χ4n) is 4.06. The van der Waals surface area contributed by atoms with Crippen LogP contribution in [-0.2, 0) is 16.0 Å². The highest BCUT2D eigenvalue weighted by Gasteiger charge is 2.37. The van der Waals surface area contributed by atoms with Crippen LogP contribution < -0.4 is 10.2 Å². The molecule has 162 valence electrons. The molecule has 0 unspecified atom stereocenters. The van der Waals surface area contributed by atoms with E-state index in [2.05, 4.69) is 41.1 Å². The zero-order chi connectivity index (χ0) is 23.0. The van der Waals surface area contributed by atoms with Gasteiger partial charge in [-0.05, 0) is 74.2 Å². The molecule has 0 bridgehead atoms. The number of aryl methyl sites for hydroxylation is 3. The summed E-state index contributed by atoms with van der Waals surface area (Å²) in [6, 6.07) is 16.6. The number of anilines is 1. The first-order valence-corrected chi connectivity index (χ1v) is 10.6. The molecule has 1 N–H and O–H groups in total. The molecule has 4 amide bonds. The zero-order valence-electron chi connectivity index (χ0n) is 18.6. The Labute approximate surface area is 187 Å². The molecule has 32 heavy (non-hydrogen) atoms. The number of rotatable bonds is 4. The summed E-state index contributed by atoms with van der Waals surface area (Å²) in [7, 11) is 0. The monoisotopic (exact) mass is 427 g/mol. The van der Waals surface area contributed by atoms with E-state index in [1.54, 1.807) is 18.2 Å². The van der Waals surface area contributed by atoms with E-state index in [4.69, 9.17) is 0 Å². The Hall–Kier alpha value is -3.93. The number of amides is 4. The lowest BCUT2D eigenvalue weighted by molar-refractivity contribution is -0.122. The smallest absolute Gasteiger partial charge is 0.318 e. The van der Waals surface area contributed by atoms with Crippen molar-refractivity contribution in [2.45, 2.75) is 34.1 Å². The summed E-state index contributed by atoms with van der Waals surface area (Å²) in [6.45, 7) is 7.85. The van der Waals surface area contributed by atoms with Gasteiger partial charge in [-0.1, -0.05) is 37.3 Å². The van der Waals surface area contributed by atoms with Crippen molar-refractivity contribution in [2.24, 2.45) is 0 Å². The van der Waals surface area contributed by atoms with Gasteiger partial charge in [0.2, 0.25) is 0 Å². The average Bonchev–Trinajstić information content (AvgIpc) is 3.05. The Morgan fingerprint density at radius 3 is 2.28 bits per heavy atom. The van der Waals surface area contributed by atoms with Crippen LogP contribution in [0.2, 0.25) is 0 Å². The van der Waals surface area contributed by atoms with Gasteiger partial charge in [0, 0.05) is 17.1 Å². The number of hydrogen-bond donors (Lipinski definition) is 1. The molecule has 1 fully saturated rings. The zero-order valence-corrected chi connectivity index (χ0v) is 18.6. The third kappa shape index (κ3) is 3.64. The number of para-hydroxylation sites is 1. The Morgan fingerprint density at radius 2 is 1.62 bits per heavy atom. The minimum atomic E-state index is -0.743. The minimum absolute atomic E-state index is 0.0746. The summed E-state index contributed by atoms with van der Waals surface area (Å²) in [5, 5.41) is 2.29. The van der Waals surface area contributed by atoms with E-state index in [0.717, 1.165) is 39.5 Å². The quantitative estimate of drug-likeness (QED) is 0.487. The molecule has 3 aromatic rings. The third-order valence-corrected chi connectivity index (χ3v) is 5.83. The van der Waals surface area contributed by atoms with Gasteiger partial charge in [-0.2, -0.15) is 0 Å². The lowest BCUT2D eigenvalue weighted by Gasteiger charge is -2.27. The predicted molar refractivity (Wildman–Crippen MR) is 125 cm³/mol. The maximum absolute atomic E-state index is 13.2. The van der Waals surface area contributed by atoms with Crippen molar-refractivity contribution in [3.63, 3.8) is 0 Å². The van der Waals surface area contributed by atoms with Gasteiger partial charge in [0.1, 0.15) is 5.57 Å². The topological polar surface area (TPSA) is 71.4 Å². The summed E-state index contributed by atoms with van der Waals surface area (Å²) >= 11 is 0. The summed E-state index contributed by atoms with van der Waals surface area (Å²) in [4.78, 5) is 39.3. The van der Waals surface area contributed by atoms with Crippen molar-refractivity contribution in [3.8, 4) is 5.69 Å². The van der Waals surface area contributed by atoms with Crippen LogP contribution in [0.5, 0.6) is 0 Å². The van der Waals surface area contributed by atoms with Crippen LogP contribution in [0.3, 0.4) is 0 Å². The average molecular weight is 428 g/mol. The number of barbiturate groups is 1. The predicted octanol–water partition coefficient (Wildman–Crippen LogP) is 4.63. The van der Waals surface area contributed by atoms with Gasteiger partial charge in [-0.15, -0.1) is 0 Å². The van der Waals surface area contributed by atoms with E-state index in [-0.39, 0.29) is 5.57 Å². The molecule has 0 atom stereocenters. The Bertz CT molecular complexity index is 1270. The maximum Gasteiger partial charge on any atom is 0.335 e. The van der Waals surface area contributed by atoms with E-state index in [9.17, 15) is 14.4 Å². The fraction of sp³-hybridized carbons (Fsp3) is 0.192. The molecule has 1 aromatic heterocycles. The number of nitrogens with zero attached hydrogens (tertiary/aromatic N) is 2. The van der Waals surface area contributed by atoms with Gasteiger partial charge >= 0.3 is 6.03 Å². The summed E-state index contributed by atoms with van der Waals surface area (Å²) in [6.07, 6.45) is 2.53. The number of nitrogens with one attached hydrogen (secondary N) is 1. The van der Waals surface area contributed by atoms with Crippen molar-refractivity contribution in [3.05, 3.63) is 88.2 Å². The van der Waals surface area contributed by atoms with Crippen molar-refractivity contribution in [1.29, 1.82) is 0 Å². The highest BCUT2D eigenvalue weighted by molar-refractivity contribution is 6.39. The van der Waals surface area contributed by atoms with Crippen molar-refractivity contribution in [2.75, 3.05) is 4.90 Å². The summed E-state index contributed by atoms with van der Waals surface area (Å²) in [5.41, 5.74) is 6.04. The van der Waals surface area contributed by atoms with E-state index in [0.29, 0.717) is 5.69 Å². The highest BCUT2D eigenvalue weighted by Crippen LogP contribution is 2.27. The van der Waals surface area contributed by atoms with E-state index in [1.807, 2.05) is 39.0 Å². The molecule has 0 spiro atoms. The minimum Gasteiger partial charge on any atom is -0.318 e. The third-order valence-electron chi connectivity index (χ3n) is 5.83. The Morgan fingerprint density at radius 1 is 0.938 bits per heavy atom. The second kappa shape index (κ2) is 8.30. The van der Waals surface area contributed by atoms with Gasteiger partial charge < -0.3 is 4.57 Å². The summed E-state index contributed by atoms with van der Waals surface area (Å²) < 4.78 is 2.08. The number of urea groups is 1. The van der Waals surface area contributed by atoms with Gasteiger partial charge in [0.05, 0.1) is 5.69 Å². The number of aromatic nitrogens is 1. The van der Waals surface area contributed by atoms with Crippen LogP contribution in [0, 0.1) is 20.8 Å². The first kappa shape index (κ1) is 21.3. The molecule has 1 saturated heterocycles. The normalized spacial score (nSPS) is 15.4. The van der Waals surface area contributed by atoms with Crippen molar-refractivity contribution >= 4 is 29.6 Å². The van der Waals surface area contributed by atoms with E-state index < -0.39 is 17.8 Å². The van der Waals surface area contributed by atoms with Crippen molar-refractivity contribution < 1.29 is 14.4 Å². The number of benzene rings is 2.